The zero-order chi connectivity index (χ0) is 19.8. The highest BCUT2D eigenvalue weighted by Gasteiger charge is 2.11. The summed E-state index contributed by atoms with van der Waals surface area (Å²) in [5, 5.41) is 11.8. The van der Waals surface area contributed by atoms with Crippen molar-refractivity contribution in [1.29, 1.82) is 0 Å². The Morgan fingerprint density at radius 2 is 1.64 bits per heavy atom. The molecular weight excluding hydrogens is 354 g/mol. The van der Waals surface area contributed by atoms with Crippen molar-refractivity contribution in [3.8, 4) is 0 Å². The molecule has 6 nitrogen and oxygen atoms in total. The molecule has 1 fully saturated rings. The van der Waals surface area contributed by atoms with Gasteiger partial charge in [-0.15, -0.1) is 0 Å². The molecule has 1 aliphatic heterocycles. The van der Waals surface area contributed by atoms with E-state index in [9.17, 15) is 9.59 Å². The summed E-state index contributed by atoms with van der Waals surface area (Å²) in [7, 11) is 0. The van der Waals surface area contributed by atoms with Crippen LogP contribution in [0.3, 0.4) is 0 Å². The van der Waals surface area contributed by atoms with Gasteiger partial charge in [0.25, 0.3) is 5.91 Å². The predicted molar refractivity (Wildman–Crippen MR) is 110 cm³/mol. The monoisotopic (exact) mass is 377 g/mol. The summed E-state index contributed by atoms with van der Waals surface area (Å²) in [6, 6.07) is 15.1. The van der Waals surface area contributed by atoms with E-state index in [4.69, 9.17) is 5.21 Å². The Hall–Kier alpha value is -3.22. The molecule has 3 rings (SSSR count). The average Bonchev–Trinajstić information content (AvgIpc) is 2.76. The summed E-state index contributed by atoms with van der Waals surface area (Å²) in [4.78, 5) is 25.9. The zero-order valence-corrected chi connectivity index (χ0v) is 15.5. The predicted octanol–water partition coefficient (Wildman–Crippen LogP) is 2.51. The van der Waals surface area contributed by atoms with Crippen LogP contribution in [0.25, 0.3) is 12.2 Å². The van der Waals surface area contributed by atoms with E-state index < -0.39 is 5.91 Å². The number of hydrogen-bond acceptors (Lipinski definition) is 5. The molecule has 2 aromatic carbocycles. The largest absolute Gasteiger partial charge is 0.369 e. The Morgan fingerprint density at radius 3 is 2.36 bits per heavy atom. The first-order valence-electron chi connectivity index (χ1n) is 9.16. The Balaban J connectivity index is 1.70. The third-order valence-corrected chi connectivity index (χ3v) is 4.49. The highest BCUT2D eigenvalue weighted by molar-refractivity contribution is 6.07. The second-order valence-corrected chi connectivity index (χ2v) is 6.46. The van der Waals surface area contributed by atoms with Gasteiger partial charge in [0.1, 0.15) is 0 Å². The number of piperazine rings is 1. The van der Waals surface area contributed by atoms with E-state index in [-0.39, 0.29) is 5.78 Å². The lowest BCUT2D eigenvalue weighted by atomic mass is 10.1. The molecule has 2 aromatic rings. The number of amides is 1. The average molecular weight is 377 g/mol. The molecule has 0 aromatic heterocycles. The van der Waals surface area contributed by atoms with Gasteiger partial charge in [-0.05, 0) is 41.5 Å². The maximum Gasteiger partial charge on any atom is 0.267 e. The van der Waals surface area contributed by atoms with Gasteiger partial charge in [-0.3, -0.25) is 14.8 Å². The van der Waals surface area contributed by atoms with Gasteiger partial charge >= 0.3 is 0 Å². The number of hydrogen-bond donors (Lipinski definition) is 3. The maximum atomic E-state index is 12.6. The molecule has 144 valence electrons. The van der Waals surface area contributed by atoms with Crippen LogP contribution in [-0.4, -0.2) is 43.1 Å². The molecule has 0 unspecified atom stereocenters. The summed E-state index contributed by atoms with van der Waals surface area (Å²) in [6.07, 6.45) is 6.13. The van der Waals surface area contributed by atoms with E-state index in [0.717, 1.165) is 43.0 Å². The quantitative estimate of drug-likeness (QED) is 0.312. The fraction of sp³-hybridized carbons (Fsp3) is 0.182. The molecule has 0 bridgehead atoms. The second kappa shape index (κ2) is 9.64. The minimum absolute atomic E-state index is 0.0578. The van der Waals surface area contributed by atoms with Gasteiger partial charge in [-0.1, -0.05) is 36.4 Å². The van der Waals surface area contributed by atoms with Crippen LogP contribution in [0.2, 0.25) is 0 Å². The standard InChI is InChI=1S/C22H23N3O3/c26-21(19-5-2-6-20(16-19)25-13-11-23-12-14-25)9-7-17-3-1-4-18(15-17)8-10-22(27)24-28/h1-10,15-16,23,28H,11-14H2,(H,24,27). The van der Waals surface area contributed by atoms with Gasteiger partial charge in [0, 0.05) is 43.5 Å². The van der Waals surface area contributed by atoms with Gasteiger partial charge in [0.05, 0.1) is 0 Å². The Bertz CT molecular complexity index is 899. The van der Waals surface area contributed by atoms with Crippen molar-refractivity contribution < 1.29 is 14.8 Å². The normalized spacial score (nSPS) is 14.5. The van der Waals surface area contributed by atoms with Crippen LogP contribution >= 0.6 is 0 Å². The van der Waals surface area contributed by atoms with E-state index in [2.05, 4.69) is 10.2 Å². The molecule has 1 amide bonds. The topological polar surface area (TPSA) is 81.7 Å². The van der Waals surface area contributed by atoms with Gasteiger partial charge in [0.15, 0.2) is 5.78 Å². The smallest absolute Gasteiger partial charge is 0.267 e. The number of ketones is 1. The highest BCUT2D eigenvalue weighted by atomic mass is 16.5. The SMILES string of the molecule is O=C(C=Cc1cccc(C=CC(=O)c2cccc(N3CCNCC3)c2)c1)NO. The lowest BCUT2D eigenvalue weighted by molar-refractivity contribution is -0.124. The van der Waals surface area contributed by atoms with Gasteiger partial charge in [-0.25, -0.2) is 5.48 Å². The first kappa shape index (κ1) is 19.5. The summed E-state index contributed by atoms with van der Waals surface area (Å²) in [5.74, 6) is -0.655. The molecule has 0 atom stereocenters. The van der Waals surface area contributed by atoms with E-state index in [1.807, 2.05) is 48.5 Å². The molecule has 0 aliphatic carbocycles. The first-order valence-corrected chi connectivity index (χ1v) is 9.16. The van der Waals surface area contributed by atoms with Gasteiger partial charge in [0.2, 0.25) is 0 Å². The van der Waals surface area contributed by atoms with Crippen LogP contribution in [-0.2, 0) is 4.79 Å². The molecule has 1 aliphatic rings. The number of benzene rings is 2. The summed E-state index contributed by atoms with van der Waals surface area (Å²) in [5.41, 5.74) is 4.90. The lowest BCUT2D eigenvalue weighted by Crippen LogP contribution is -2.43. The number of hydroxylamine groups is 1. The van der Waals surface area contributed by atoms with Crippen LogP contribution in [0.1, 0.15) is 21.5 Å². The third-order valence-electron chi connectivity index (χ3n) is 4.49. The van der Waals surface area contributed by atoms with Crippen LogP contribution in [0.5, 0.6) is 0 Å². The van der Waals surface area contributed by atoms with E-state index in [0.29, 0.717) is 5.56 Å². The molecule has 0 spiro atoms. The van der Waals surface area contributed by atoms with E-state index in [1.54, 1.807) is 23.7 Å². The number of rotatable bonds is 6. The van der Waals surface area contributed by atoms with Crippen molar-refractivity contribution in [1.82, 2.24) is 10.8 Å². The van der Waals surface area contributed by atoms with Gasteiger partial charge < -0.3 is 10.2 Å². The number of allylic oxidation sites excluding steroid dienone is 1. The number of carbonyl (C=O) groups is 2. The Labute approximate surface area is 164 Å². The molecule has 6 heteroatoms. The van der Waals surface area contributed by atoms with Crippen molar-refractivity contribution in [2.45, 2.75) is 0 Å². The van der Waals surface area contributed by atoms with Crippen LogP contribution < -0.4 is 15.7 Å². The Morgan fingerprint density at radius 1 is 0.964 bits per heavy atom. The van der Waals surface area contributed by atoms with Crippen molar-refractivity contribution in [3.63, 3.8) is 0 Å². The number of carbonyl (C=O) groups excluding carboxylic acids is 2. The lowest BCUT2D eigenvalue weighted by Gasteiger charge is -2.29. The van der Waals surface area contributed by atoms with Crippen molar-refractivity contribution >= 4 is 29.5 Å². The minimum atomic E-state index is -0.597. The van der Waals surface area contributed by atoms with E-state index >= 15 is 0 Å². The van der Waals surface area contributed by atoms with Crippen molar-refractivity contribution in [2.75, 3.05) is 31.1 Å². The van der Waals surface area contributed by atoms with Crippen LogP contribution in [0, 0.1) is 0 Å². The fourth-order valence-corrected chi connectivity index (χ4v) is 3.02. The maximum absolute atomic E-state index is 12.6. The van der Waals surface area contributed by atoms with Gasteiger partial charge in [-0.2, -0.15) is 0 Å². The number of nitrogens with zero attached hydrogens (tertiary/aromatic N) is 1. The fourth-order valence-electron chi connectivity index (χ4n) is 3.02. The molecule has 1 saturated heterocycles. The summed E-state index contributed by atoms with van der Waals surface area (Å²) < 4.78 is 0. The van der Waals surface area contributed by atoms with Crippen molar-refractivity contribution in [3.05, 3.63) is 77.4 Å². The van der Waals surface area contributed by atoms with Crippen LogP contribution in [0.4, 0.5) is 5.69 Å². The first-order chi connectivity index (χ1) is 13.7. The van der Waals surface area contributed by atoms with Crippen molar-refractivity contribution in [2.24, 2.45) is 0 Å². The Kier molecular flexibility index (Phi) is 6.73. The highest BCUT2D eigenvalue weighted by Crippen LogP contribution is 2.18. The third kappa shape index (κ3) is 5.39. The second-order valence-electron chi connectivity index (χ2n) is 6.46. The van der Waals surface area contributed by atoms with E-state index in [1.165, 1.54) is 6.08 Å². The molecule has 1 heterocycles. The van der Waals surface area contributed by atoms with Crippen LogP contribution in [0.15, 0.2) is 60.7 Å². The molecular formula is C22H23N3O3. The zero-order valence-electron chi connectivity index (χ0n) is 15.5. The summed E-state index contributed by atoms with van der Waals surface area (Å²) >= 11 is 0. The molecule has 0 radical (unpaired) electrons. The molecule has 3 N–H and O–H groups in total. The molecule has 28 heavy (non-hydrogen) atoms. The summed E-state index contributed by atoms with van der Waals surface area (Å²) in [6.45, 7) is 3.76. The minimum Gasteiger partial charge on any atom is -0.369 e. The molecule has 0 saturated carbocycles. The number of nitrogens with one attached hydrogen (secondary N) is 2. The number of anilines is 1.